The molecule has 2 amide bonds. The van der Waals surface area contributed by atoms with Crippen molar-refractivity contribution in [1.29, 1.82) is 0 Å². The van der Waals surface area contributed by atoms with Gasteiger partial charge in [-0.15, -0.1) is 0 Å². The first-order valence-corrected chi connectivity index (χ1v) is 9.18. The highest BCUT2D eigenvalue weighted by atomic mass is 16.5. The minimum Gasteiger partial charge on any atom is -0.387 e. The van der Waals surface area contributed by atoms with Crippen LogP contribution < -0.4 is 5.32 Å². The van der Waals surface area contributed by atoms with Crippen LogP contribution in [0, 0.1) is 5.41 Å². The molecule has 24 heavy (non-hydrogen) atoms. The molecule has 0 aromatic heterocycles. The molecule has 2 atom stereocenters. The van der Waals surface area contributed by atoms with Gasteiger partial charge in [0, 0.05) is 38.0 Å². The molecule has 2 N–H and O–H groups in total. The van der Waals surface area contributed by atoms with Crippen LogP contribution >= 0.6 is 0 Å². The van der Waals surface area contributed by atoms with Gasteiger partial charge in [0.2, 0.25) is 11.8 Å². The third kappa shape index (κ3) is 4.09. The first-order valence-electron chi connectivity index (χ1n) is 9.18. The number of amides is 2. The second-order valence-electron chi connectivity index (χ2n) is 7.66. The van der Waals surface area contributed by atoms with Crippen molar-refractivity contribution >= 4 is 11.8 Å². The lowest BCUT2D eigenvalue weighted by molar-refractivity contribution is -0.238. The van der Waals surface area contributed by atoms with E-state index in [1.807, 2.05) is 20.8 Å². The van der Waals surface area contributed by atoms with Crippen LogP contribution in [0.2, 0.25) is 0 Å². The molecule has 2 fully saturated rings. The zero-order chi connectivity index (χ0) is 17.8. The number of hydrogen-bond donors (Lipinski definition) is 2. The van der Waals surface area contributed by atoms with E-state index in [-0.39, 0.29) is 31.0 Å². The van der Waals surface area contributed by atoms with E-state index < -0.39 is 11.0 Å². The van der Waals surface area contributed by atoms with Crippen molar-refractivity contribution in [1.82, 2.24) is 10.2 Å². The number of carbonyl (C=O) groups is 2. The van der Waals surface area contributed by atoms with Crippen molar-refractivity contribution in [3.63, 3.8) is 0 Å². The number of ether oxygens (including phenoxy) is 1. The average Bonchev–Trinajstić information content (AvgIpc) is 2.52. The summed E-state index contributed by atoms with van der Waals surface area (Å²) in [4.78, 5) is 25.9. The van der Waals surface area contributed by atoms with Crippen LogP contribution in [-0.4, -0.2) is 59.8 Å². The Bertz CT molecular complexity index is 466. The average molecular weight is 340 g/mol. The monoisotopic (exact) mass is 340 g/mol. The fraction of sp³-hybridized carbons (Fsp3) is 0.889. The molecule has 138 valence electrons. The van der Waals surface area contributed by atoms with Crippen LogP contribution in [0.25, 0.3) is 0 Å². The fourth-order valence-corrected chi connectivity index (χ4v) is 3.62. The number of likely N-dealkylation sites (tertiary alicyclic amines) is 1. The molecule has 2 unspecified atom stereocenters. The van der Waals surface area contributed by atoms with E-state index in [9.17, 15) is 14.7 Å². The Morgan fingerprint density at radius 2 is 2.04 bits per heavy atom. The van der Waals surface area contributed by atoms with Crippen molar-refractivity contribution in [2.45, 2.75) is 71.0 Å². The number of aliphatic hydroxyl groups is 1. The van der Waals surface area contributed by atoms with Crippen LogP contribution in [0.1, 0.15) is 59.3 Å². The van der Waals surface area contributed by atoms with Crippen LogP contribution in [0.5, 0.6) is 0 Å². The van der Waals surface area contributed by atoms with Gasteiger partial charge in [0.25, 0.3) is 0 Å². The van der Waals surface area contributed by atoms with E-state index in [0.717, 1.165) is 25.7 Å². The van der Waals surface area contributed by atoms with E-state index in [4.69, 9.17) is 4.74 Å². The minimum absolute atomic E-state index is 0.0142. The van der Waals surface area contributed by atoms with Crippen LogP contribution in [0.4, 0.5) is 0 Å². The molecule has 0 bridgehead atoms. The van der Waals surface area contributed by atoms with Crippen molar-refractivity contribution in [3.8, 4) is 0 Å². The molecule has 0 aromatic rings. The topological polar surface area (TPSA) is 78.9 Å². The highest BCUT2D eigenvalue weighted by molar-refractivity contribution is 5.84. The Morgan fingerprint density at radius 1 is 1.33 bits per heavy atom. The number of nitrogens with zero attached hydrogens (tertiary/aromatic N) is 1. The summed E-state index contributed by atoms with van der Waals surface area (Å²) in [7, 11) is 0. The molecule has 1 aliphatic heterocycles. The van der Waals surface area contributed by atoms with Crippen LogP contribution in [-0.2, 0) is 14.3 Å². The Kier molecular flexibility index (Phi) is 6.26. The zero-order valence-electron chi connectivity index (χ0n) is 15.3. The second kappa shape index (κ2) is 7.83. The molecule has 2 aliphatic rings. The number of nitrogens with one attached hydrogen (secondary N) is 1. The van der Waals surface area contributed by atoms with Gasteiger partial charge in [0.1, 0.15) is 0 Å². The molecule has 2 rings (SSSR count). The van der Waals surface area contributed by atoms with E-state index >= 15 is 0 Å². The van der Waals surface area contributed by atoms with Gasteiger partial charge in [-0.3, -0.25) is 9.59 Å². The Hall–Kier alpha value is -1.14. The summed E-state index contributed by atoms with van der Waals surface area (Å²) in [6.07, 6.45) is 5.13. The molecule has 0 radical (unpaired) electrons. The summed E-state index contributed by atoms with van der Waals surface area (Å²) in [5, 5.41) is 13.6. The summed E-state index contributed by atoms with van der Waals surface area (Å²) >= 11 is 0. The molecule has 1 saturated heterocycles. The number of hydrogen-bond acceptors (Lipinski definition) is 4. The molecule has 0 aromatic carbocycles. The van der Waals surface area contributed by atoms with Crippen LogP contribution in [0.3, 0.4) is 0 Å². The van der Waals surface area contributed by atoms with Crippen molar-refractivity contribution < 1.29 is 19.4 Å². The van der Waals surface area contributed by atoms with Crippen molar-refractivity contribution in [2.24, 2.45) is 5.41 Å². The molecular formula is C18H32N2O4. The summed E-state index contributed by atoms with van der Waals surface area (Å²) in [5.41, 5.74) is -1.35. The lowest BCUT2D eigenvalue weighted by Gasteiger charge is -2.58. The highest BCUT2D eigenvalue weighted by Gasteiger charge is 2.59. The Balaban J connectivity index is 1.81. The molecule has 1 heterocycles. The standard InChI is InChI=1S/C18H32N2O4/c1-4-24-14-11-18(23,17(14,2)3)13-19-15(21)12-20-10-8-6-5-7-9-16(20)22/h14,23H,4-13H2,1-3H3,(H,19,21). The van der Waals surface area contributed by atoms with Gasteiger partial charge >= 0.3 is 0 Å². The second-order valence-corrected chi connectivity index (χ2v) is 7.66. The number of carbonyl (C=O) groups excluding carboxylic acids is 2. The van der Waals surface area contributed by atoms with Gasteiger partial charge in [-0.25, -0.2) is 0 Å². The highest BCUT2D eigenvalue weighted by Crippen LogP contribution is 2.50. The van der Waals surface area contributed by atoms with Gasteiger partial charge in [0.05, 0.1) is 18.2 Å². The summed E-state index contributed by atoms with van der Waals surface area (Å²) in [6, 6.07) is 0. The smallest absolute Gasteiger partial charge is 0.239 e. The lowest BCUT2D eigenvalue weighted by atomic mass is 9.56. The molecule has 6 heteroatoms. The van der Waals surface area contributed by atoms with E-state index in [1.54, 1.807) is 4.90 Å². The normalized spacial score (nSPS) is 30.2. The molecule has 6 nitrogen and oxygen atoms in total. The van der Waals surface area contributed by atoms with E-state index in [2.05, 4.69) is 5.32 Å². The Labute approximate surface area is 144 Å². The van der Waals surface area contributed by atoms with Gasteiger partial charge in [-0.1, -0.05) is 26.7 Å². The fourth-order valence-electron chi connectivity index (χ4n) is 3.62. The van der Waals surface area contributed by atoms with E-state index in [1.165, 1.54) is 0 Å². The van der Waals surface area contributed by atoms with Gasteiger partial charge in [-0.05, 0) is 19.8 Å². The maximum atomic E-state index is 12.2. The molecular weight excluding hydrogens is 308 g/mol. The summed E-state index contributed by atoms with van der Waals surface area (Å²) in [5.74, 6) is -0.142. The van der Waals surface area contributed by atoms with Gasteiger partial charge in [-0.2, -0.15) is 0 Å². The minimum atomic E-state index is -0.956. The Morgan fingerprint density at radius 3 is 2.71 bits per heavy atom. The van der Waals surface area contributed by atoms with Gasteiger partial charge in [0.15, 0.2) is 0 Å². The maximum absolute atomic E-state index is 12.2. The molecule has 1 saturated carbocycles. The maximum Gasteiger partial charge on any atom is 0.239 e. The predicted molar refractivity (Wildman–Crippen MR) is 91.4 cm³/mol. The van der Waals surface area contributed by atoms with Gasteiger partial charge < -0.3 is 20.1 Å². The lowest BCUT2D eigenvalue weighted by Crippen LogP contribution is -2.69. The SMILES string of the molecule is CCOC1CC(O)(CNC(=O)CN2CCCCCCC2=O)C1(C)C. The van der Waals surface area contributed by atoms with Crippen LogP contribution in [0.15, 0.2) is 0 Å². The predicted octanol–water partition coefficient (Wildman–Crippen LogP) is 1.46. The first-order chi connectivity index (χ1) is 11.3. The van der Waals surface area contributed by atoms with E-state index in [0.29, 0.717) is 26.0 Å². The molecule has 0 spiro atoms. The third-order valence-electron chi connectivity index (χ3n) is 5.73. The third-order valence-corrected chi connectivity index (χ3v) is 5.73. The quantitative estimate of drug-likeness (QED) is 0.767. The largest absolute Gasteiger partial charge is 0.387 e. The van der Waals surface area contributed by atoms with Crippen molar-refractivity contribution in [3.05, 3.63) is 0 Å². The van der Waals surface area contributed by atoms with Crippen molar-refractivity contribution in [2.75, 3.05) is 26.2 Å². The first kappa shape index (κ1) is 19.2. The molecule has 1 aliphatic carbocycles. The summed E-state index contributed by atoms with van der Waals surface area (Å²) in [6.45, 7) is 7.42. The number of rotatable bonds is 6. The zero-order valence-corrected chi connectivity index (χ0v) is 15.3. The summed E-state index contributed by atoms with van der Waals surface area (Å²) < 4.78 is 5.63.